The van der Waals surface area contributed by atoms with E-state index in [1.807, 2.05) is 18.2 Å². The molecule has 2 N–H and O–H groups in total. The fourth-order valence-electron chi connectivity index (χ4n) is 4.49. The van der Waals surface area contributed by atoms with Crippen molar-refractivity contribution in [2.75, 3.05) is 13.1 Å². The van der Waals surface area contributed by atoms with Crippen molar-refractivity contribution in [1.29, 1.82) is 0 Å². The van der Waals surface area contributed by atoms with Crippen LogP contribution in [0.3, 0.4) is 0 Å². The first kappa shape index (κ1) is 22.6. The largest absolute Gasteiger partial charge is 0.308 e. The number of carbonyl (C=O) groups is 2. The smallest absolute Gasteiger partial charge is 0.259 e. The highest BCUT2D eigenvalue weighted by Gasteiger charge is 2.36. The number of hydrogen-bond acceptors (Lipinski definition) is 6. The van der Waals surface area contributed by atoms with Crippen LogP contribution >= 0.6 is 0 Å². The highest BCUT2D eigenvalue weighted by Crippen LogP contribution is 2.28. The first-order chi connectivity index (χ1) is 15.5. The SMILES string of the molecule is O=CNC(=O)c1ccc(CNC2CCN(S(=O)(=O)C3CCc4ccccc4C3)CC2)nc1. The zero-order chi connectivity index (χ0) is 22.6. The van der Waals surface area contributed by atoms with Crippen molar-refractivity contribution in [3.05, 3.63) is 65.0 Å². The van der Waals surface area contributed by atoms with E-state index in [-0.39, 0.29) is 11.3 Å². The number of nitrogens with zero attached hydrogens (tertiary/aromatic N) is 2. The number of rotatable bonds is 7. The van der Waals surface area contributed by atoms with Crippen molar-refractivity contribution in [2.45, 2.75) is 49.9 Å². The van der Waals surface area contributed by atoms with E-state index in [2.05, 4.69) is 21.7 Å². The molecule has 1 aliphatic carbocycles. The lowest BCUT2D eigenvalue weighted by atomic mass is 9.92. The highest BCUT2D eigenvalue weighted by atomic mass is 32.2. The van der Waals surface area contributed by atoms with E-state index in [9.17, 15) is 18.0 Å². The normalized spacial score (nSPS) is 19.8. The van der Waals surface area contributed by atoms with Crippen LogP contribution in [0.5, 0.6) is 0 Å². The number of hydrogen-bond donors (Lipinski definition) is 2. The quantitative estimate of drug-likeness (QED) is 0.610. The summed E-state index contributed by atoms with van der Waals surface area (Å²) in [5, 5.41) is 5.18. The lowest BCUT2D eigenvalue weighted by Crippen LogP contribution is -2.48. The first-order valence-electron chi connectivity index (χ1n) is 11.0. The molecule has 1 aromatic carbocycles. The highest BCUT2D eigenvalue weighted by molar-refractivity contribution is 7.89. The van der Waals surface area contributed by atoms with Crippen LogP contribution in [-0.4, -0.2) is 54.4 Å². The Balaban J connectivity index is 1.27. The number of fused-ring (bicyclic) bond motifs is 1. The lowest BCUT2D eigenvalue weighted by molar-refractivity contribution is -0.108. The minimum atomic E-state index is -3.31. The molecule has 1 aromatic heterocycles. The van der Waals surface area contributed by atoms with Crippen LogP contribution < -0.4 is 10.6 Å². The zero-order valence-electron chi connectivity index (χ0n) is 17.9. The molecule has 0 radical (unpaired) electrons. The third kappa shape index (κ3) is 5.06. The van der Waals surface area contributed by atoms with E-state index in [4.69, 9.17) is 0 Å². The van der Waals surface area contributed by atoms with Crippen molar-refractivity contribution in [3.8, 4) is 0 Å². The number of pyridine rings is 1. The molecule has 0 saturated carbocycles. The topological polar surface area (TPSA) is 108 Å². The molecule has 2 aromatic rings. The van der Waals surface area contributed by atoms with E-state index < -0.39 is 15.9 Å². The maximum Gasteiger partial charge on any atom is 0.259 e. The summed E-state index contributed by atoms with van der Waals surface area (Å²) in [6, 6.07) is 11.7. The molecule has 2 amide bonds. The van der Waals surface area contributed by atoms with Gasteiger partial charge >= 0.3 is 0 Å². The number of benzene rings is 1. The van der Waals surface area contributed by atoms with E-state index in [1.54, 1.807) is 16.4 Å². The van der Waals surface area contributed by atoms with Gasteiger partial charge < -0.3 is 5.32 Å². The standard InChI is InChI=1S/C23H28N4O4S/c28-16-26-23(29)19-5-7-21(24-14-19)15-25-20-9-11-27(12-10-20)32(30,31)22-8-6-17-3-1-2-4-18(17)13-22/h1-5,7,14,16,20,22,25H,6,8-13,15H2,(H,26,28,29). The van der Waals surface area contributed by atoms with E-state index in [0.29, 0.717) is 44.4 Å². The predicted octanol–water partition coefficient (Wildman–Crippen LogP) is 1.41. The van der Waals surface area contributed by atoms with Gasteiger partial charge in [-0.15, -0.1) is 0 Å². The average Bonchev–Trinajstić information content (AvgIpc) is 2.83. The zero-order valence-corrected chi connectivity index (χ0v) is 18.7. The van der Waals surface area contributed by atoms with Gasteiger partial charge in [-0.2, -0.15) is 0 Å². The number of carbonyl (C=O) groups excluding carboxylic acids is 2. The molecule has 1 unspecified atom stereocenters. The monoisotopic (exact) mass is 456 g/mol. The van der Waals surface area contributed by atoms with E-state index >= 15 is 0 Å². The summed E-state index contributed by atoms with van der Waals surface area (Å²) in [6.07, 6.45) is 5.39. The third-order valence-electron chi connectivity index (χ3n) is 6.39. The van der Waals surface area contributed by atoms with Gasteiger partial charge in [0.25, 0.3) is 5.91 Å². The van der Waals surface area contributed by atoms with Crippen LogP contribution in [0.15, 0.2) is 42.6 Å². The van der Waals surface area contributed by atoms with Crippen LogP contribution in [0, 0.1) is 0 Å². The van der Waals surface area contributed by atoms with Gasteiger partial charge in [-0.25, -0.2) is 12.7 Å². The molecule has 9 heteroatoms. The minimum Gasteiger partial charge on any atom is -0.308 e. The molecular weight excluding hydrogens is 428 g/mol. The fourth-order valence-corrected chi connectivity index (χ4v) is 6.44. The predicted molar refractivity (Wildman–Crippen MR) is 120 cm³/mol. The van der Waals surface area contributed by atoms with Gasteiger partial charge in [-0.05, 0) is 55.4 Å². The lowest BCUT2D eigenvalue weighted by Gasteiger charge is -2.35. The summed E-state index contributed by atoms with van der Waals surface area (Å²) >= 11 is 0. The average molecular weight is 457 g/mol. The second-order valence-corrected chi connectivity index (χ2v) is 10.6. The number of nitrogens with one attached hydrogen (secondary N) is 2. The van der Waals surface area contributed by atoms with Crippen LogP contribution in [0.4, 0.5) is 0 Å². The van der Waals surface area contributed by atoms with Crippen molar-refractivity contribution >= 4 is 22.3 Å². The molecule has 170 valence electrons. The molecule has 1 atom stereocenters. The Kier molecular flexibility index (Phi) is 6.98. The molecule has 0 spiro atoms. The maximum atomic E-state index is 13.2. The molecule has 8 nitrogen and oxygen atoms in total. The molecule has 0 bridgehead atoms. The Morgan fingerprint density at radius 1 is 1.09 bits per heavy atom. The van der Waals surface area contributed by atoms with Gasteiger partial charge in [0.2, 0.25) is 16.4 Å². The van der Waals surface area contributed by atoms with Crippen molar-refractivity contribution in [1.82, 2.24) is 19.9 Å². The molecule has 1 saturated heterocycles. The van der Waals surface area contributed by atoms with Crippen LogP contribution in [-0.2, 0) is 34.2 Å². The van der Waals surface area contributed by atoms with E-state index in [1.165, 1.54) is 11.8 Å². The first-order valence-corrected chi connectivity index (χ1v) is 12.5. The van der Waals surface area contributed by atoms with Crippen molar-refractivity contribution in [2.24, 2.45) is 0 Å². The Hall–Kier alpha value is -2.62. The number of imide groups is 1. The summed E-state index contributed by atoms with van der Waals surface area (Å²) < 4.78 is 28.1. The number of amides is 2. The van der Waals surface area contributed by atoms with Gasteiger partial charge in [-0.1, -0.05) is 24.3 Å². The number of aromatic nitrogens is 1. The third-order valence-corrected chi connectivity index (χ3v) is 8.72. The van der Waals surface area contributed by atoms with Crippen molar-refractivity contribution in [3.63, 3.8) is 0 Å². The van der Waals surface area contributed by atoms with Crippen LogP contribution in [0.1, 0.15) is 46.4 Å². The fraction of sp³-hybridized carbons (Fsp3) is 0.435. The van der Waals surface area contributed by atoms with E-state index in [0.717, 1.165) is 30.5 Å². The Labute approximate surface area is 188 Å². The maximum absolute atomic E-state index is 13.2. The van der Waals surface area contributed by atoms with Gasteiger partial charge in [0.1, 0.15) is 0 Å². The number of sulfonamides is 1. The minimum absolute atomic E-state index is 0.216. The molecule has 1 aliphatic heterocycles. The molecule has 2 aliphatic rings. The summed E-state index contributed by atoms with van der Waals surface area (Å²) in [6.45, 7) is 1.58. The molecule has 2 heterocycles. The van der Waals surface area contributed by atoms with Crippen molar-refractivity contribution < 1.29 is 18.0 Å². The molecule has 32 heavy (non-hydrogen) atoms. The van der Waals surface area contributed by atoms with Crippen LogP contribution in [0.2, 0.25) is 0 Å². The van der Waals surface area contributed by atoms with Crippen LogP contribution in [0.25, 0.3) is 0 Å². The second kappa shape index (κ2) is 9.89. The van der Waals surface area contributed by atoms with Gasteiger partial charge in [-0.3, -0.25) is 19.9 Å². The Morgan fingerprint density at radius 2 is 1.84 bits per heavy atom. The van der Waals surface area contributed by atoms with Gasteiger partial charge in [0.05, 0.1) is 16.5 Å². The number of piperidine rings is 1. The summed E-state index contributed by atoms with van der Waals surface area (Å²) in [5.41, 5.74) is 3.53. The molecular formula is C23H28N4O4S. The number of aryl methyl sites for hydroxylation is 1. The molecule has 1 fully saturated rings. The van der Waals surface area contributed by atoms with Gasteiger partial charge in [0, 0.05) is 31.9 Å². The second-order valence-electron chi connectivity index (χ2n) is 8.36. The summed E-state index contributed by atoms with van der Waals surface area (Å²) in [5.74, 6) is -0.484. The Bertz CT molecular complexity index is 1060. The summed E-state index contributed by atoms with van der Waals surface area (Å²) in [4.78, 5) is 26.2. The molecule has 4 rings (SSSR count). The summed E-state index contributed by atoms with van der Waals surface area (Å²) in [7, 11) is -3.31. The Morgan fingerprint density at radius 3 is 2.53 bits per heavy atom. The van der Waals surface area contributed by atoms with Gasteiger partial charge in [0.15, 0.2) is 0 Å².